The number of fused-ring (bicyclic) bond motifs is 1. The fourth-order valence-corrected chi connectivity index (χ4v) is 5.84. The summed E-state index contributed by atoms with van der Waals surface area (Å²) in [7, 11) is 0. The van der Waals surface area contributed by atoms with Crippen LogP contribution in [0.3, 0.4) is 0 Å². The number of unbranched alkanes of at least 4 members (excludes halogenated alkanes) is 3. The molecule has 2 heterocycles. The summed E-state index contributed by atoms with van der Waals surface area (Å²) in [5.41, 5.74) is 0.166. The van der Waals surface area contributed by atoms with Gasteiger partial charge in [0.1, 0.15) is 22.8 Å². The van der Waals surface area contributed by atoms with E-state index in [4.69, 9.17) is 18.6 Å². The molecular formula is C38H42F3NO6. The molecule has 1 fully saturated rings. The van der Waals surface area contributed by atoms with Crippen molar-refractivity contribution in [2.24, 2.45) is 0 Å². The van der Waals surface area contributed by atoms with E-state index in [-0.39, 0.29) is 40.1 Å². The number of likely N-dealkylation sites (tertiary alicyclic amines) is 1. The highest BCUT2D eigenvalue weighted by atomic mass is 19.4. The van der Waals surface area contributed by atoms with Gasteiger partial charge in [-0.15, -0.1) is 0 Å². The number of benzene rings is 3. The van der Waals surface area contributed by atoms with E-state index in [0.717, 1.165) is 63.4 Å². The lowest BCUT2D eigenvalue weighted by molar-refractivity contribution is -0.154. The lowest BCUT2D eigenvalue weighted by Crippen LogP contribution is -2.29. The summed E-state index contributed by atoms with van der Waals surface area (Å²) in [4.78, 5) is 29.0. The minimum atomic E-state index is -5.04. The van der Waals surface area contributed by atoms with Crippen molar-refractivity contribution < 1.29 is 36.6 Å². The van der Waals surface area contributed by atoms with Crippen LogP contribution in [-0.2, 0) is 19.1 Å². The molecule has 0 radical (unpaired) electrons. The Morgan fingerprint density at radius 3 is 2.23 bits per heavy atom. The van der Waals surface area contributed by atoms with E-state index in [2.05, 4.69) is 11.8 Å². The van der Waals surface area contributed by atoms with Gasteiger partial charge >= 0.3 is 12.1 Å². The first-order valence-electron chi connectivity index (χ1n) is 16.8. The highest BCUT2D eigenvalue weighted by Gasteiger charge is 2.41. The topological polar surface area (TPSA) is 78.2 Å². The van der Waals surface area contributed by atoms with Crippen LogP contribution in [0.4, 0.5) is 13.2 Å². The van der Waals surface area contributed by atoms with Crippen LogP contribution in [0.1, 0.15) is 92.5 Å². The molecule has 1 aliphatic heterocycles. The predicted molar refractivity (Wildman–Crippen MR) is 178 cm³/mol. The van der Waals surface area contributed by atoms with Crippen molar-refractivity contribution in [3.8, 4) is 23.0 Å². The van der Waals surface area contributed by atoms with Gasteiger partial charge in [0.15, 0.2) is 0 Å². The number of carbonyl (C=O) groups is 1. The molecule has 0 spiro atoms. The van der Waals surface area contributed by atoms with Gasteiger partial charge in [0, 0.05) is 6.54 Å². The molecule has 0 amide bonds. The molecule has 7 nitrogen and oxygen atoms in total. The molecule has 0 saturated carbocycles. The Kier molecular flexibility index (Phi) is 11.8. The Bertz CT molecular complexity index is 1730. The number of ether oxygens (including phenoxy) is 3. The van der Waals surface area contributed by atoms with Crippen LogP contribution in [-0.4, -0.2) is 30.6 Å². The summed E-state index contributed by atoms with van der Waals surface area (Å²) in [6.07, 6.45) is 3.84. The lowest BCUT2D eigenvalue weighted by atomic mass is 10.1. The van der Waals surface area contributed by atoms with E-state index in [1.807, 2.05) is 6.92 Å². The fraction of sp³-hybridized carbons (Fsp3) is 0.421. The van der Waals surface area contributed by atoms with Crippen molar-refractivity contribution in [1.29, 1.82) is 0 Å². The summed E-state index contributed by atoms with van der Waals surface area (Å²) >= 11 is 0. The number of hydrogen-bond donors (Lipinski definition) is 0. The molecule has 0 bridgehead atoms. The number of carbonyl (C=O) groups excluding carboxylic acids is 1. The highest BCUT2D eigenvalue weighted by molar-refractivity contribution is 5.92. The second-order valence-corrected chi connectivity index (χ2v) is 12.2. The first-order valence-corrected chi connectivity index (χ1v) is 16.8. The minimum absolute atomic E-state index is 0.0192. The zero-order valence-electron chi connectivity index (χ0n) is 27.5. The van der Waals surface area contributed by atoms with Crippen molar-refractivity contribution in [1.82, 2.24) is 4.90 Å². The van der Waals surface area contributed by atoms with Crippen LogP contribution in [0.2, 0.25) is 0 Å². The van der Waals surface area contributed by atoms with E-state index in [0.29, 0.717) is 25.4 Å². The molecule has 4 aromatic rings. The molecule has 0 atom stereocenters. The fourth-order valence-electron chi connectivity index (χ4n) is 5.84. The van der Waals surface area contributed by atoms with Gasteiger partial charge in [-0.2, -0.15) is 13.2 Å². The highest BCUT2D eigenvalue weighted by Crippen LogP contribution is 2.40. The molecule has 1 aromatic heterocycles. The average Bonchev–Trinajstić information content (AvgIpc) is 3.08. The standard InChI is InChI=1S/C38H42F3NO6/c1-3-5-6-10-24-45-28-18-14-27(15-19-28)37(44)47-32-21-20-30-33(43)35(46-29-16-12-26(11-4-2)13-17-29)36(38(39,40)41)48-34(30)31(32)25-42-22-8-7-9-23-42/h12-21H,3-11,22-25H2,1-2H3. The Morgan fingerprint density at radius 1 is 0.854 bits per heavy atom. The number of aryl methyl sites for hydroxylation is 1. The van der Waals surface area contributed by atoms with Crippen LogP contribution >= 0.6 is 0 Å². The Balaban J connectivity index is 1.49. The summed E-state index contributed by atoms with van der Waals surface area (Å²) in [6, 6.07) is 15.8. The molecular weight excluding hydrogens is 623 g/mol. The number of halogens is 3. The largest absolute Gasteiger partial charge is 0.494 e. The van der Waals surface area contributed by atoms with E-state index in [9.17, 15) is 22.8 Å². The second-order valence-electron chi connectivity index (χ2n) is 12.2. The van der Waals surface area contributed by atoms with Gasteiger partial charge in [-0.25, -0.2) is 4.79 Å². The maximum Gasteiger partial charge on any atom is 0.453 e. The number of piperidine rings is 1. The average molecular weight is 666 g/mol. The van der Waals surface area contributed by atoms with Crippen LogP contribution in [0.15, 0.2) is 69.9 Å². The van der Waals surface area contributed by atoms with Crippen molar-refractivity contribution >= 4 is 16.9 Å². The summed E-state index contributed by atoms with van der Waals surface area (Å²) in [5.74, 6) is -2.47. The van der Waals surface area contributed by atoms with E-state index in [1.165, 1.54) is 24.3 Å². The first-order chi connectivity index (χ1) is 23.2. The van der Waals surface area contributed by atoms with Gasteiger partial charge in [0.05, 0.1) is 23.1 Å². The Morgan fingerprint density at radius 2 is 1.56 bits per heavy atom. The van der Waals surface area contributed by atoms with Gasteiger partial charge in [-0.05, 0) is 92.9 Å². The predicted octanol–water partition coefficient (Wildman–Crippen LogP) is 9.72. The smallest absolute Gasteiger partial charge is 0.453 e. The van der Waals surface area contributed by atoms with Crippen molar-refractivity contribution in [3.63, 3.8) is 0 Å². The monoisotopic (exact) mass is 665 g/mol. The Labute approximate surface area is 278 Å². The van der Waals surface area contributed by atoms with Gasteiger partial charge < -0.3 is 18.6 Å². The molecule has 1 aliphatic rings. The van der Waals surface area contributed by atoms with E-state index >= 15 is 0 Å². The molecule has 48 heavy (non-hydrogen) atoms. The molecule has 5 rings (SSSR count). The summed E-state index contributed by atoms with van der Waals surface area (Å²) in [5, 5.41) is -0.104. The quantitative estimate of drug-likeness (QED) is 0.0754. The molecule has 10 heteroatoms. The van der Waals surface area contributed by atoms with E-state index in [1.54, 1.807) is 36.4 Å². The Hall–Kier alpha value is -4.31. The van der Waals surface area contributed by atoms with Crippen LogP contribution in [0, 0.1) is 0 Å². The number of alkyl halides is 3. The molecule has 1 saturated heterocycles. The molecule has 256 valence electrons. The maximum absolute atomic E-state index is 14.5. The molecule has 3 aromatic carbocycles. The van der Waals surface area contributed by atoms with Gasteiger partial charge in [0.2, 0.25) is 11.2 Å². The van der Waals surface area contributed by atoms with Gasteiger partial charge in [0.25, 0.3) is 5.76 Å². The van der Waals surface area contributed by atoms with Crippen molar-refractivity contribution in [3.05, 3.63) is 93.3 Å². The zero-order valence-corrected chi connectivity index (χ0v) is 27.5. The van der Waals surface area contributed by atoms with Crippen LogP contribution < -0.4 is 19.6 Å². The lowest BCUT2D eigenvalue weighted by Gasteiger charge is -2.27. The van der Waals surface area contributed by atoms with Crippen LogP contribution in [0.25, 0.3) is 11.0 Å². The third-order valence-electron chi connectivity index (χ3n) is 8.41. The third kappa shape index (κ3) is 8.78. The minimum Gasteiger partial charge on any atom is -0.494 e. The molecule has 0 aliphatic carbocycles. The second kappa shape index (κ2) is 16.2. The van der Waals surface area contributed by atoms with Crippen molar-refractivity contribution in [2.45, 2.75) is 84.4 Å². The third-order valence-corrected chi connectivity index (χ3v) is 8.41. The maximum atomic E-state index is 14.5. The zero-order chi connectivity index (χ0) is 34.1. The molecule has 0 N–H and O–H groups in total. The number of hydrogen-bond acceptors (Lipinski definition) is 7. The number of esters is 1. The van der Waals surface area contributed by atoms with Crippen LogP contribution in [0.5, 0.6) is 23.0 Å². The van der Waals surface area contributed by atoms with Crippen molar-refractivity contribution in [2.75, 3.05) is 19.7 Å². The first kappa shape index (κ1) is 35.0. The van der Waals surface area contributed by atoms with Gasteiger partial charge in [-0.3, -0.25) is 9.69 Å². The normalized spacial score (nSPS) is 13.9. The summed E-state index contributed by atoms with van der Waals surface area (Å²) in [6.45, 7) is 6.27. The molecule has 0 unspecified atom stereocenters. The van der Waals surface area contributed by atoms with Gasteiger partial charge in [-0.1, -0.05) is 58.1 Å². The number of nitrogens with zero attached hydrogens (tertiary/aromatic N) is 1. The van der Waals surface area contributed by atoms with E-state index < -0.39 is 29.1 Å². The summed E-state index contributed by atoms with van der Waals surface area (Å²) < 4.78 is 66.2. The SMILES string of the molecule is CCCCCCOc1ccc(C(=O)Oc2ccc3c(=O)c(Oc4ccc(CCC)cc4)c(C(F)(F)F)oc3c2CN2CCCCC2)cc1. The number of rotatable bonds is 14.